The Kier molecular flexibility index (Phi) is 3.28. The third-order valence-electron chi connectivity index (χ3n) is 3.83. The van der Waals surface area contributed by atoms with E-state index in [1.54, 1.807) is 18.6 Å². The summed E-state index contributed by atoms with van der Waals surface area (Å²) >= 11 is 0. The van der Waals surface area contributed by atoms with E-state index in [0.29, 0.717) is 12.1 Å². The summed E-state index contributed by atoms with van der Waals surface area (Å²) in [5.74, 6) is -0.105. The quantitative estimate of drug-likeness (QED) is 0.863. The van der Waals surface area contributed by atoms with Gasteiger partial charge in [-0.2, -0.15) is 0 Å². The van der Waals surface area contributed by atoms with E-state index in [4.69, 9.17) is 0 Å². The molecule has 5 heteroatoms. The van der Waals surface area contributed by atoms with Gasteiger partial charge >= 0.3 is 0 Å². The van der Waals surface area contributed by atoms with Gasteiger partial charge in [-0.3, -0.25) is 4.79 Å². The first kappa shape index (κ1) is 12.9. The average Bonchev–Trinajstić information content (AvgIpc) is 3.07. The van der Waals surface area contributed by atoms with Gasteiger partial charge in [0.2, 0.25) is 0 Å². The Morgan fingerprint density at radius 2 is 2.30 bits per heavy atom. The molecule has 0 bridgehead atoms. The summed E-state index contributed by atoms with van der Waals surface area (Å²) < 4.78 is 1.85. The fraction of sp³-hybridized carbons (Fsp3) is 0.333. The molecule has 1 amide bonds. The number of aliphatic hydroxyl groups is 1. The fourth-order valence-electron chi connectivity index (χ4n) is 2.16. The van der Waals surface area contributed by atoms with E-state index >= 15 is 0 Å². The second kappa shape index (κ2) is 5.09. The van der Waals surface area contributed by atoms with Gasteiger partial charge in [0.25, 0.3) is 5.91 Å². The van der Waals surface area contributed by atoms with Crippen molar-refractivity contribution < 1.29 is 9.90 Å². The Hall–Kier alpha value is -2.14. The maximum atomic E-state index is 12.1. The van der Waals surface area contributed by atoms with Crippen molar-refractivity contribution in [2.45, 2.75) is 12.8 Å². The van der Waals surface area contributed by atoms with Crippen LogP contribution in [0, 0.1) is 5.41 Å². The molecule has 0 unspecified atom stereocenters. The lowest BCUT2D eigenvalue weighted by atomic mass is 10.1. The van der Waals surface area contributed by atoms with E-state index in [0.717, 1.165) is 18.5 Å². The number of aromatic nitrogens is 2. The molecule has 1 aromatic carbocycles. The Morgan fingerprint density at radius 3 is 2.95 bits per heavy atom. The third-order valence-corrected chi connectivity index (χ3v) is 3.83. The van der Waals surface area contributed by atoms with Gasteiger partial charge in [0.15, 0.2) is 0 Å². The molecule has 5 nitrogen and oxygen atoms in total. The van der Waals surface area contributed by atoms with Crippen LogP contribution in [0.15, 0.2) is 43.0 Å². The molecule has 1 aliphatic rings. The summed E-state index contributed by atoms with van der Waals surface area (Å²) in [5.41, 5.74) is 1.45. The van der Waals surface area contributed by atoms with E-state index in [-0.39, 0.29) is 17.9 Å². The molecule has 0 radical (unpaired) electrons. The number of rotatable bonds is 5. The molecule has 0 atom stereocenters. The number of nitrogens with one attached hydrogen (secondary N) is 1. The molecule has 0 spiro atoms. The summed E-state index contributed by atoms with van der Waals surface area (Å²) in [6.07, 6.45) is 7.20. The van der Waals surface area contributed by atoms with Crippen molar-refractivity contribution in [2.75, 3.05) is 13.2 Å². The largest absolute Gasteiger partial charge is 0.396 e. The molecule has 1 fully saturated rings. The Balaban J connectivity index is 1.70. The summed E-state index contributed by atoms with van der Waals surface area (Å²) in [4.78, 5) is 16.1. The second-order valence-electron chi connectivity index (χ2n) is 5.36. The van der Waals surface area contributed by atoms with Crippen molar-refractivity contribution in [3.8, 4) is 5.69 Å². The standard InChI is InChI=1S/C15H17N3O2/c19-10-15(4-5-15)9-17-14(20)12-2-1-3-13(8-12)18-7-6-16-11-18/h1-3,6-8,11,19H,4-5,9-10H2,(H,17,20). The van der Waals surface area contributed by atoms with Crippen molar-refractivity contribution in [2.24, 2.45) is 5.41 Å². The zero-order valence-corrected chi connectivity index (χ0v) is 11.1. The molecule has 2 aromatic rings. The van der Waals surface area contributed by atoms with Crippen LogP contribution in [-0.2, 0) is 0 Å². The van der Waals surface area contributed by atoms with Gasteiger partial charge in [-0.05, 0) is 31.0 Å². The average molecular weight is 271 g/mol. The molecule has 0 saturated heterocycles. The van der Waals surface area contributed by atoms with Crippen molar-refractivity contribution in [3.05, 3.63) is 48.5 Å². The number of benzene rings is 1. The van der Waals surface area contributed by atoms with E-state index in [9.17, 15) is 9.90 Å². The third kappa shape index (κ3) is 2.58. The summed E-state index contributed by atoms with van der Waals surface area (Å²) in [7, 11) is 0. The molecule has 1 aromatic heterocycles. The van der Waals surface area contributed by atoms with Crippen LogP contribution in [0.2, 0.25) is 0 Å². The molecular formula is C15H17N3O2. The van der Waals surface area contributed by atoms with Crippen LogP contribution >= 0.6 is 0 Å². The highest BCUT2D eigenvalue weighted by atomic mass is 16.3. The van der Waals surface area contributed by atoms with Crippen LogP contribution < -0.4 is 5.32 Å². The minimum atomic E-state index is -0.105. The van der Waals surface area contributed by atoms with Crippen LogP contribution in [-0.4, -0.2) is 33.7 Å². The van der Waals surface area contributed by atoms with Gasteiger partial charge in [-0.25, -0.2) is 4.98 Å². The summed E-state index contributed by atoms with van der Waals surface area (Å²) in [6.45, 7) is 0.681. The molecule has 104 valence electrons. The number of carbonyl (C=O) groups excluding carboxylic acids is 1. The lowest BCUT2D eigenvalue weighted by Gasteiger charge is -2.13. The van der Waals surface area contributed by atoms with Crippen LogP contribution in [0.25, 0.3) is 5.69 Å². The lowest BCUT2D eigenvalue weighted by Crippen LogP contribution is -2.31. The number of imidazole rings is 1. The van der Waals surface area contributed by atoms with Crippen LogP contribution in [0.3, 0.4) is 0 Å². The number of carbonyl (C=O) groups is 1. The van der Waals surface area contributed by atoms with Gasteiger partial charge < -0.3 is 15.0 Å². The monoisotopic (exact) mass is 271 g/mol. The van der Waals surface area contributed by atoms with E-state index in [2.05, 4.69) is 10.3 Å². The second-order valence-corrected chi connectivity index (χ2v) is 5.36. The molecular weight excluding hydrogens is 254 g/mol. The number of nitrogens with zero attached hydrogens (tertiary/aromatic N) is 2. The first-order chi connectivity index (χ1) is 9.72. The highest BCUT2D eigenvalue weighted by Crippen LogP contribution is 2.44. The summed E-state index contributed by atoms with van der Waals surface area (Å²) in [6, 6.07) is 7.39. The minimum Gasteiger partial charge on any atom is -0.396 e. The highest BCUT2D eigenvalue weighted by molar-refractivity contribution is 5.94. The number of hydrogen-bond donors (Lipinski definition) is 2. The lowest BCUT2D eigenvalue weighted by molar-refractivity contribution is 0.0935. The maximum Gasteiger partial charge on any atom is 0.251 e. The Labute approximate surface area is 117 Å². The molecule has 1 aliphatic carbocycles. The normalized spacial score (nSPS) is 15.8. The molecule has 1 heterocycles. The smallest absolute Gasteiger partial charge is 0.251 e. The predicted molar refractivity (Wildman–Crippen MR) is 74.7 cm³/mol. The van der Waals surface area contributed by atoms with Gasteiger partial charge in [0.05, 0.1) is 12.9 Å². The van der Waals surface area contributed by atoms with Gasteiger partial charge in [-0.15, -0.1) is 0 Å². The summed E-state index contributed by atoms with van der Waals surface area (Å²) in [5, 5.41) is 12.1. The van der Waals surface area contributed by atoms with Gasteiger partial charge in [-0.1, -0.05) is 6.07 Å². The van der Waals surface area contributed by atoms with Crippen LogP contribution in [0.5, 0.6) is 0 Å². The first-order valence-electron chi connectivity index (χ1n) is 6.70. The van der Waals surface area contributed by atoms with Crippen LogP contribution in [0.1, 0.15) is 23.2 Å². The number of amides is 1. The van der Waals surface area contributed by atoms with Crippen molar-refractivity contribution in [1.29, 1.82) is 0 Å². The Morgan fingerprint density at radius 1 is 1.45 bits per heavy atom. The minimum absolute atomic E-state index is 0.0718. The predicted octanol–water partition coefficient (Wildman–Crippen LogP) is 1.37. The number of aliphatic hydroxyl groups excluding tert-OH is 1. The number of hydrogen-bond acceptors (Lipinski definition) is 3. The van der Waals surface area contributed by atoms with Gasteiger partial charge in [0, 0.05) is 35.6 Å². The van der Waals surface area contributed by atoms with E-state index in [1.807, 2.05) is 29.0 Å². The van der Waals surface area contributed by atoms with Crippen molar-refractivity contribution in [3.63, 3.8) is 0 Å². The van der Waals surface area contributed by atoms with E-state index < -0.39 is 0 Å². The molecule has 0 aliphatic heterocycles. The van der Waals surface area contributed by atoms with Crippen molar-refractivity contribution >= 4 is 5.91 Å². The topological polar surface area (TPSA) is 67.2 Å². The molecule has 3 rings (SSSR count). The van der Waals surface area contributed by atoms with E-state index in [1.165, 1.54) is 0 Å². The maximum absolute atomic E-state index is 12.1. The molecule has 1 saturated carbocycles. The highest BCUT2D eigenvalue weighted by Gasteiger charge is 2.42. The zero-order chi connectivity index (χ0) is 14.0. The molecule has 2 N–H and O–H groups in total. The van der Waals surface area contributed by atoms with Crippen LogP contribution in [0.4, 0.5) is 0 Å². The first-order valence-corrected chi connectivity index (χ1v) is 6.70. The fourth-order valence-corrected chi connectivity index (χ4v) is 2.16. The SMILES string of the molecule is O=C(NCC1(CO)CC1)c1cccc(-n2ccnc2)c1. The molecule has 20 heavy (non-hydrogen) atoms. The zero-order valence-electron chi connectivity index (χ0n) is 11.1. The van der Waals surface area contributed by atoms with Gasteiger partial charge in [0.1, 0.15) is 0 Å². The Bertz CT molecular complexity index is 603. The van der Waals surface area contributed by atoms with Crippen molar-refractivity contribution in [1.82, 2.24) is 14.9 Å².